The van der Waals surface area contributed by atoms with Crippen molar-refractivity contribution in [2.45, 2.75) is 19.4 Å². The molecule has 0 bridgehead atoms. The van der Waals surface area contributed by atoms with Gasteiger partial charge in [0.2, 0.25) is 5.91 Å². The molecule has 0 atom stereocenters. The van der Waals surface area contributed by atoms with E-state index in [0.717, 1.165) is 11.1 Å². The minimum absolute atomic E-state index is 0.0143. The van der Waals surface area contributed by atoms with Crippen LogP contribution in [0.15, 0.2) is 42.5 Å². The summed E-state index contributed by atoms with van der Waals surface area (Å²) in [5.41, 5.74) is 1.94. The van der Waals surface area contributed by atoms with Crippen LogP contribution in [0.2, 0.25) is 5.02 Å². The number of terminal acetylenes is 2. The molecule has 0 aliphatic rings. The fourth-order valence-electron chi connectivity index (χ4n) is 2.67. The number of amides is 1. The maximum Gasteiger partial charge on any atom is 0.223 e. The molecule has 0 saturated heterocycles. The Kier molecular flexibility index (Phi) is 8.28. The molecular formula is C23H22ClNO3. The van der Waals surface area contributed by atoms with Gasteiger partial charge in [-0.3, -0.25) is 4.79 Å². The third-order valence-electron chi connectivity index (χ3n) is 4.09. The van der Waals surface area contributed by atoms with Crippen LogP contribution in [0.1, 0.15) is 17.5 Å². The molecule has 5 heteroatoms. The van der Waals surface area contributed by atoms with E-state index in [2.05, 4.69) is 11.8 Å². The normalized spacial score (nSPS) is 9.86. The summed E-state index contributed by atoms with van der Waals surface area (Å²) in [6.45, 7) is 0.867. The number of rotatable bonds is 9. The first-order valence-electron chi connectivity index (χ1n) is 8.76. The molecule has 0 N–H and O–H groups in total. The summed E-state index contributed by atoms with van der Waals surface area (Å²) in [6, 6.07) is 12.9. The third-order valence-corrected chi connectivity index (χ3v) is 4.34. The molecule has 2 aromatic carbocycles. The molecule has 2 rings (SSSR count). The smallest absolute Gasteiger partial charge is 0.223 e. The molecule has 0 saturated carbocycles. The van der Waals surface area contributed by atoms with E-state index in [0.29, 0.717) is 35.9 Å². The zero-order valence-electron chi connectivity index (χ0n) is 15.8. The predicted molar refractivity (Wildman–Crippen MR) is 111 cm³/mol. The summed E-state index contributed by atoms with van der Waals surface area (Å²) in [4.78, 5) is 14.3. The SMILES string of the molecule is C#CCOc1ccc(CCC(=O)N(CC#C)Cc2ccc(Cl)cc2)cc1OC. The van der Waals surface area contributed by atoms with Gasteiger partial charge in [-0.15, -0.1) is 12.8 Å². The number of methoxy groups -OCH3 is 1. The molecule has 144 valence electrons. The topological polar surface area (TPSA) is 38.8 Å². The maximum absolute atomic E-state index is 12.7. The average Bonchev–Trinajstić information content (AvgIpc) is 2.71. The number of carbonyl (C=O) groups is 1. The molecule has 0 heterocycles. The first kappa shape index (κ1) is 21.2. The second kappa shape index (κ2) is 10.9. The van der Waals surface area contributed by atoms with Crippen molar-refractivity contribution >= 4 is 17.5 Å². The van der Waals surface area contributed by atoms with Crippen molar-refractivity contribution in [3.8, 4) is 36.2 Å². The van der Waals surface area contributed by atoms with Crippen LogP contribution in [-0.2, 0) is 17.8 Å². The van der Waals surface area contributed by atoms with Crippen molar-refractivity contribution in [2.24, 2.45) is 0 Å². The van der Waals surface area contributed by atoms with Gasteiger partial charge in [0.05, 0.1) is 13.7 Å². The zero-order valence-corrected chi connectivity index (χ0v) is 16.5. The van der Waals surface area contributed by atoms with Crippen molar-refractivity contribution in [1.29, 1.82) is 0 Å². The highest BCUT2D eigenvalue weighted by molar-refractivity contribution is 6.30. The van der Waals surface area contributed by atoms with Crippen LogP contribution in [-0.4, -0.2) is 31.1 Å². The van der Waals surface area contributed by atoms with Crippen LogP contribution < -0.4 is 9.47 Å². The second-order valence-electron chi connectivity index (χ2n) is 6.06. The molecule has 0 aromatic heterocycles. The third kappa shape index (κ3) is 6.27. The van der Waals surface area contributed by atoms with Gasteiger partial charge in [-0.25, -0.2) is 0 Å². The van der Waals surface area contributed by atoms with Crippen molar-refractivity contribution in [3.63, 3.8) is 0 Å². The van der Waals surface area contributed by atoms with E-state index in [1.165, 1.54) is 0 Å². The van der Waals surface area contributed by atoms with Gasteiger partial charge in [-0.05, 0) is 41.8 Å². The molecule has 0 fully saturated rings. The van der Waals surface area contributed by atoms with Gasteiger partial charge in [-0.2, -0.15) is 0 Å². The van der Waals surface area contributed by atoms with Gasteiger partial charge in [0.1, 0.15) is 6.61 Å². The van der Waals surface area contributed by atoms with Gasteiger partial charge in [-0.1, -0.05) is 41.6 Å². The van der Waals surface area contributed by atoms with Gasteiger partial charge >= 0.3 is 0 Å². The van der Waals surface area contributed by atoms with Crippen molar-refractivity contribution in [1.82, 2.24) is 4.90 Å². The number of nitrogens with zero attached hydrogens (tertiary/aromatic N) is 1. The number of benzene rings is 2. The van der Waals surface area contributed by atoms with Crippen molar-refractivity contribution < 1.29 is 14.3 Å². The lowest BCUT2D eigenvalue weighted by atomic mass is 10.1. The largest absolute Gasteiger partial charge is 0.493 e. The lowest BCUT2D eigenvalue weighted by Gasteiger charge is -2.20. The first-order valence-corrected chi connectivity index (χ1v) is 9.14. The van der Waals surface area contributed by atoms with Crippen LogP contribution in [0.5, 0.6) is 11.5 Å². The molecule has 28 heavy (non-hydrogen) atoms. The summed E-state index contributed by atoms with van der Waals surface area (Å²) in [6.07, 6.45) is 11.6. The average molecular weight is 396 g/mol. The van der Waals surface area contributed by atoms with Crippen LogP contribution >= 0.6 is 11.6 Å². The summed E-state index contributed by atoms with van der Waals surface area (Å²) in [7, 11) is 1.56. The van der Waals surface area contributed by atoms with E-state index in [-0.39, 0.29) is 19.1 Å². The number of ether oxygens (including phenoxy) is 2. The Morgan fingerprint density at radius 1 is 1.07 bits per heavy atom. The highest BCUT2D eigenvalue weighted by Crippen LogP contribution is 2.28. The molecule has 0 spiro atoms. The Balaban J connectivity index is 2.00. The highest BCUT2D eigenvalue weighted by atomic mass is 35.5. The molecule has 0 aliphatic carbocycles. The quantitative estimate of drug-likeness (QED) is 0.603. The Morgan fingerprint density at radius 3 is 2.43 bits per heavy atom. The maximum atomic E-state index is 12.7. The van der Waals surface area contributed by atoms with Gasteiger partial charge in [0.25, 0.3) is 0 Å². The Hall–Kier alpha value is -3.08. The Labute approximate surface area is 171 Å². The number of halogens is 1. The zero-order chi connectivity index (χ0) is 20.4. The molecule has 0 unspecified atom stereocenters. The molecule has 2 aromatic rings. The van der Waals surface area contributed by atoms with E-state index >= 15 is 0 Å². The molecular weight excluding hydrogens is 374 g/mol. The first-order chi connectivity index (χ1) is 13.6. The standard InChI is InChI=1S/C23H22ClNO3/c1-4-14-25(17-19-6-10-20(24)11-7-19)23(26)13-9-18-8-12-21(28-15-5-2)22(16-18)27-3/h1-2,6-8,10-12,16H,9,13-15,17H2,3H3. The summed E-state index contributed by atoms with van der Waals surface area (Å²) < 4.78 is 10.8. The molecule has 0 radical (unpaired) electrons. The Bertz CT molecular complexity index is 878. The fraction of sp³-hybridized carbons (Fsp3) is 0.261. The number of hydrogen-bond donors (Lipinski definition) is 0. The van der Waals surface area contributed by atoms with Gasteiger partial charge in [0.15, 0.2) is 11.5 Å². The van der Waals surface area contributed by atoms with Crippen molar-refractivity contribution in [3.05, 3.63) is 58.6 Å². The number of carbonyl (C=O) groups excluding carboxylic acids is 1. The summed E-state index contributed by atoms with van der Waals surface area (Å²) >= 11 is 5.91. The lowest BCUT2D eigenvalue weighted by Crippen LogP contribution is -2.31. The molecule has 1 amide bonds. The van der Waals surface area contributed by atoms with E-state index in [4.69, 9.17) is 33.9 Å². The fourth-order valence-corrected chi connectivity index (χ4v) is 2.79. The summed E-state index contributed by atoms with van der Waals surface area (Å²) in [5, 5.41) is 0.655. The minimum Gasteiger partial charge on any atom is -0.493 e. The highest BCUT2D eigenvalue weighted by Gasteiger charge is 2.14. The van der Waals surface area contributed by atoms with Crippen LogP contribution in [0.3, 0.4) is 0 Å². The minimum atomic E-state index is -0.0143. The van der Waals surface area contributed by atoms with Crippen molar-refractivity contribution in [2.75, 3.05) is 20.3 Å². The van der Waals surface area contributed by atoms with E-state index in [9.17, 15) is 4.79 Å². The monoisotopic (exact) mass is 395 g/mol. The molecule has 0 aliphatic heterocycles. The number of hydrogen-bond acceptors (Lipinski definition) is 3. The Morgan fingerprint density at radius 2 is 1.79 bits per heavy atom. The van der Waals surface area contributed by atoms with Crippen LogP contribution in [0, 0.1) is 24.7 Å². The second-order valence-corrected chi connectivity index (χ2v) is 6.49. The molecule has 4 nitrogen and oxygen atoms in total. The summed E-state index contributed by atoms with van der Waals surface area (Å²) in [5.74, 6) is 6.12. The van der Waals surface area contributed by atoms with E-state index in [1.54, 1.807) is 30.2 Å². The van der Waals surface area contributed by atoms with E-state index in [1.807, 2.05) is 24.3 Å². The predicted octanol–water partition coefficient (Wildman–Crippen LogP) is 3.96. The van der Waals surface area contributed by atoms with Crippen LogP contribution in [0.25, 0.3) is 0 Å². The van der Waals surface area contributed by atoms with E-state index < -0.39 is 0 Å². The van der Waals surface area contributed by atoms with Gasteiger partial charge in [0, 0.05) is 18.0 Å². The number of aryl methyl sites for hydroxylation is 1. The van der Waals surface area contributed by atoms with Crippen LogP contribution in [0.4, 0.5) is 0 Å². The lowest BCUT2D eigenvalue weighted by molar-refractivity contribution is -0.131. The van der Waals surface area contributed by atoms with Gasteiger partial charge < -0.3 is 14.4 Å².